The highest BCUT2D eigenvalue weighted by Crippen LogP contribution is 2.27. The van der Waals surface area contributed by atoms with Gasteiger partial charge in [0.15, 0.2) is 5.82 Å². The summed E-state index contributed by atoms with van der Waals surface area (Å²) in [6.07, 6.45) is 7.08. The summed E-state index contributed by atoms with van der Waals surface area (Å²) < 4.78 is 5.21. The number of rotatable bonds is 4. The molecule has 2 rings (SSSR count). The van der Waals surface area contributed by atoms with Crippen molar-refractivity contribution >= 4 is 0 Å². The first-order valence-electron chi connectivity index (χ1n) is 5.87. The van der Waals surface area contributed by atoms with Crippen LogP contribution in [0.3, 0.4) is 0 Å². The van der Waals surface area contributed by atoms with Crippen molar-refractivity contribution in [2.45, 2.75) is 51.5 Å². The first kappa shape index (κ1) is 10.6. The van der Waals surface area contributed by atoms with Crippen LogP contribution in [-0.2, 0) is 6.42 Å². The summed E-state index contributed by atoms with van der Waals surface area (Å²) >= 11 is 0. The molecule has 0 amide bonds. The van der Waals surface area contributed by atoms with E-state index in [-0.39, 0.29) is 6.04 Å². The number of hydrogen-bond donors (Lipinski definition) is 1. The molecule has 1 aliphatic carbocycles. The fraction of sp³-hybridized carbons (Fsp3) is 0.818. The van der Waals surface area contributed by atoms with Crippen LogP contribution in [0.25, 0.3) is 0 Å². The number of nitrogens with two attached hydrogens (primary N) is 1. The van der Waals surface area contributed by atoms with E-state index in [1.165, 1.54) is 25.7 Å². The van der Waals surface area contributed by atoms with Crippen LogP contribution in [0.15, 0.2) is 4.52 Å². The third-order valence-electron chi connectivity index (χ3n) is 3.19. The van der Waals surface area contributed by atoms with Crippen molar-refractivity contribution in [3.8, 4) is 0 Å². The van der Waals surface area contributed by atoms with Crippen molar-refractivity contribution in [3.63, 3.8) is 0 Å². The Morgan fingerprint density at radius 1 is 1.47 bits per heavy atom. The second-order valence-electron chi connectivity index (χ2n) is 4.42. The third-order valence-corrected chi connectivity index (χ3v) is 3.19. The van der Waals surface area contributed by atoms with Crippen LogP contribution < -0.4 is 5.73 Å². The van der Waals surface area contributed by atoms with Gasteiger partial charge in [-0.3, -0.25) is 0 Å². The van der Waals surface area contributed by atoms with Gasteiger partial charge in [-0.1, -0.05) is 24.9 Å². The summed E-state index contributed by atoms with van der Waals surface area (Å²) in [5, 5.41) is 3.92. The molecular weight excluding hydrogens is 190 g/mol. The molecule has 0 saturated heterocycles. The van der Waals surface area contributed by atoms with Gasteiger partial charge in [0.1, 0.15) is 0 Å². The highest BCUT2D eigenvalue weighted by molar-refractivity contribution is 4.93. The van der Waals surface area contributed by atoms with Gasteiger partial charge in [-0.2, -0.15) is 4.98 Å². The van der Waals surface area contributed by atoms with E-state index in [0.29, 0.717) is 5.82 Å². The SMILES string of the molecule is CCC(N)c1noc(CC2CCCC2)n1. The second kappa shape index (κ2) is 4.75. The molecule has 4 nitrogen and oxygen atoms in total. The van der Waals surface area contributed by atoms with E-state index in [9.17, 15) is 0 Å². The summed E-state index contributed by atoms with van der Waals surface area (Å²) in [6, 6.07) is -0.0777. The van der Waals surface area contributed by atoms with Gasteiger partial charge in [-0.25, -0.2) is 0 Å². The largest absolute Gasteiger partial charge is 0.339 e. The molecule has 1 aromatic heterocycles. The molecular formula is C11H19N3O. The topological polar surface area (TPSA) is 64.9 Å². The molecule has 4 heteroatoms. The van der Waals surface area contributed by atoms with Crippen LogP contribution >= 0.6 is 0 Å². The summed E-state index contributed by atoms with van der Waals surface area (Å²) in [5.74, 6) is 2.17. The van der Waals surface area contributed by atoms with Crippen LogP contribution in [0.2, 0.25) is 0 Å². The molecule has 2 N–H and O–H groups in total. The molecule has 1 aromatic rings. The second-order valence-corrected chi connectivity index (χ2v) is 4.42. The fourth-order valence-corrected chi connectivity index (χ4v) is 2.15. The normalized spacial score (nSPS) is 19.6. The van der Waals surface area contributed by atoms with E-state index in [4.69, 9.17) is 10.3 Å². The Labute approximate surface area is 90.2 Å². The van der Waals surface area contributed by atoms with Crippen LogP contribution in [0.4, 0.5) is 0 Å². The first-order chi connectivity index (χ1) is 7.29. The monoisotopic (exact) mass is 209 g/mol. The molecule has 0 spiro atoms. The molecule has 1 atom stereocenters. The maximum absolute atomic E-state index is 5.83. The van der Waals surface area contributed by atoms with Crippen molar-refractivity contribution in [2.75, 3.05) is 0 Å². The lowest BCUT2D eigenvalue weighted by atomic mass is 10.0. The van der Waals surface area contributed by atoms with E-state index in [2.05, 4.69) is 10.1 Å². The minimum absolute atomic E-state index is 0.0777. The first-order valence-corrected chi connectivity index (χ1v) is 5.87. The van der Waals surface area contributed by atoms with Gasteiger partial charge in [0.05, 0.1) is 6.04 Å². The van der Waals surface area contributed by atoms with E-state index in [0.717, 1.165) is 24.7 Å². The maximum Gasteiger partial charge on any atom is 0.226 e. The van der Waals surface area contributed by atoms with Crippen molar-refractivity contribution in [1.82, 2.24) is 10.1 Å². The Balaban J connectivity index is 1.94. The summed E-state index contributed by atoms with van der Waals surface area (Å²) in [5.41, 5.74) is 5.83. The lowest BCUT2D eigenvalue weighted by Crippen LogP contribution is -2.10. The highest BCUT2D eigenvalue weighted by Gasteiger charge is 2.19. The standard InChI is InChI=1S/C11H19N3O/c1-2-9(12)11-13-10(15-14-11)7-8-5-3-4-6-8/h8-9H,2-7,12H2,1H3. The van der Waals surface area contributed by atoms with Gasteiger partial charge in [-0.05, 0) is 25.2 Å². The van der Waals surface area contributed by atoms with Gasteiger partial charge < -0.3 is 10.3 Å². The Morgan fingerprint density at radius 2 is 2.20 bits per heavy atom. The Bertz CT molecular complexity index is 305. The average molecular weight is 209 g/mol. The molecule has 84 valence electrons. The van der Waals surface area contributed by atoms with Gasteiger partial charge in [0.25, 0.3) is 0 Å². The molecule has 1 fully saturated rings. The van der Waals surface area contributed by atoms with E-state index in [1.54, 1.807) is 0 Å². The third kappa shape index (κ3) is 2.56. The maximum atomic E-state index is 5.83. The minimum Gasteiger partial charge on any atom is -0.339 e. The summed E-state index contributed by atoms with van der Waals surface area (Å²) in [6.45, 7) is 2.03. The van der Waals surface area contributed by atoms with E-state index < -0.39 is 0 Å². The zero-order valence-electron chi connectivity index (χ0n) is 9.28. The fourth-order valence-electron chi connectivity index (χ4n) is 2.15. The smallest absolute Gasteiger partial charge is 0.226 e. The highest BCUT2D eigenvalue weighted by atomic mass is 16.5. The molecule has 1 heterocycles. The lowest BCUT2D eigenvalue weighted by Gasteiger charge is -2.03. The summed E-state index contributed by atoms with van der Waals surface area (Å²) in [7, 11) is 0. The molecule has 15 heavy (non-hydrogen) atoms. The average Bonchev–Trinajstić information content (AvgIpc) is 2.88. The van der Waals surface area contributed by atoms with Crippen molar-refractivity contribution in [1.29, 1.82) is 0 Å². The van der Waals surface area contributed by atoms with Crippen LogP contribution in [-0.4, -0.2) is 10.1 Å². The van der Waals surface area contributed by atoms with Crippen LogP contribution in [0.5, 0.6) is 0 Å². The Morgan fingerprint density at radius 3 is 2.87 bits per heavy atom. The molecule has 0 aliphatic heterocycles. The zero-order valence-corrected chi connectivity index (χ0v) is 9.28. The number of hydrogen-bond acceptors (Lipinski definition) is 4. The van der Waals surface area contributed by atoms with Crippen molar-refractivity contribution in [3.05, 3.63) is 11.7 Å². The van der Waals surface area contributed by atoms with Gasteiger partial charge in [0, 0.05) is 6.42 Å². The van der Waals surface area contributed by atoms with Gasteiger partial charge in [0.2, 0.25) is 5.89 Å². The van der Waals surface area contributed by atoms with E-state index in [1.807, 2.05) is 6.92 Å². The quantitative estimate of drug-likeness (QED) is 0.825. The molecule has 1 aliphatic rings. The van der Waals surface area contributed by atoms with Crippen molar-refractivity contribution < 1.29 is 4.52 Å². The Kier molecular flexibility index (Phi) is 3.36. The molecule has 0 aromatic carbocycles. The molecule has 1 unspecified atom stereocenters. The van der Waals surface area contributed by atoms with E-state index >= 15 is 0 Å². The molecule has 0 bridgehead atoms. The van der Waals surface area contributed by atoms with Crippen LogP contribution in [0.1, 0.15) is 56.8 Å². The zero-order chi connectivity index (χ0) is 10.7. The molecule has 1 saturated carbocycles. The number of aromatic nitrogens is 2. The summed E-state index contributed by atoms with van der Waals surface area (Å²) in [4.78, 5) is 4.34. The van der Waals surface area contributed by atoms with Crippen LogP contribution in [0, 0.1) is 5.92 Å². The van der Waals surface area contributed by atoms with Crippen molar-refractivity contribution in [2.24, 2.45) is 11.7 Å². The van der Waals surface area contributed by atoms with Gasteiger partial charge in [-0.15, -0.1) is 0 Å². The van der Waals surface area contributed by atoms with Gasteiger partial charge >= 0.3 is 0 Å². The number of nitrogens with zero attached hydrogens (tertiary/aromatic N) is 2. The predicted octanol–water partition coefficient (Wildman–Crippen LogP) is 2.21. The molecule has 0 radical (unpaired) electrons. The lowest BCUT2D eigenvalue weighted by molar-refractivity contribution is 0.347. The predicted molar refractivity (Wildman–Crippen MR) is 57.2 cm³/mol. The Hall–Kier alpha value is -0.900. The minimum atomic E-state index is -0.0777.